The number of carboxylic acids is 1. The number of aromatic nitrogens is 2. The summed E-state index contributed by atoms with van der Waals surface area (Å²) in [5.41, 5.74) is 0.859. The van der Waals surface area contributed by atoms with Crippen LogP contribution in [0.2, 0.25) is 0 Å². The average molecular weight is 581 g/mol. The second-order valence-corrected chi connectivity index (χ2v) is 10.1. The van der Waals surface area contributed by atoms with E-state index >= 15 is 4.39 Å². The van der Waals surface area contributed by atoms with Gasteiger partial charge in [0, 0.05) is 68.7 Å². The molecule has 13 heteroatoms. The smallest absolute Gasteiger partial charge is 0.410 e. The molecule has 1 fully saturated rings. The molecule has 0 unspecified atom stereocenters. The summed E-state index contributed by atoms with van der Waals surface area (Å²) in [5, 5.41) is 9.34. The molecule has 220 valence electrons. The third-order valence-electron chi connectivity index (χ3n) is 7.92. The van der Waals surface area contributed by atoms with E-state index in [0.29, 0.717) is 23.3 Å². The number of hydrogen-bond acceptors (Lipinski definition) is 8. The number of halogens is 1. The number of hydrogen-bond donors (Lipinski definition) is 1. The number of amides is 1. The zero-order valence-electron chi connectivity index (χ0n) is 23.5. The zero-order chi connectivity index (χ0) is 30.5. The Labute approximate surface area is 239 Å². The number of rotatable bonds is 6. The molecule has 3 heterocycles. The van der Waals surface area contributed by atoms with Gasteiger partial charge in [0.2, 0.25) is 17.0 Å². The first-order valence-electron chi connectivity index (χ1n) is 13.3. The Bertz CT molecular complexity index is 1760. The number of allylic oxidation sites excluding steroid dienone is 2. The van der Waals surface area contributed by atoms with Gasteiger partial charge in [-0.3, -0.25) is 14.4 Å². The number of nitrogens with zero attached hydrogens (tertiary/aromatic N) is 4. The maximum Gasteiger partial charge on any atom is 0.410 e. The van der Waals surface area contributed by atoms with Crippen LogP contribution in [0.4, 0.5) is 14.9 Å². The van der Waals surface area contributed by atoms with Gasteiger partial charge in [-0.25, -0.2) is 14.0 Å². The highest BCUT2D eigenvalue weighted by Crippen LogP contribution is 2.31. The van der Waals surface area contributed by atoms with E-state index in [1.807, 2.05) is 0 Å². The van der Waals surface area contributed by atoms with Crippen LogP contribution in [-0.4, -0.2) is 76.1 Å². The second-order valence-electron chi connectivity index (χ2n) is 10.1. The van der Waals surface area contributed by atoms with Gasteiger partial charge < -0.3 is 33.5 Å². The third kappa shape index (κ3) is 4.60. The first-order valence-corrected chi connectivity index (χ1v) is 13.3. The summed E-state index contributed by atoms with van der Waals surface area (Å²) in [7, 11) is 2.96. The minimum Gasteiger partial charge on any atom is -0.492 e. The first-order chi connectivity index (χ1) is 20.0. The Kier molecular flexibility index (Phi) is 7.35. The van der Waals surface area contributed by atoms with E-state index in [-0.39, 0.29) is 66.7 Å². The first kappa shape index (κ1) is 28.6. The molecule has 1 amide bonds. The number of ketones is 2. The van der Waals surface area contributed by atoms with Crippen molar-refractivity contribution in [2.45, 2.75) is 27.0 Å². The van der Waals surface area contributed by atoms with E-state index in [9.17, 15) is 29.1 Å². The van der Waals surface area contributed by atoms with Gasteiger partial charge in [-0.05, 0) is 26.0 Å². The van der Waals surface area contributed by atoms with Gasteiger partial charge in [-0.1, -0.05) is 0 Å². The monoisotopic (exact) mass is 580 g/mol. The summed E-state index contributed by atoms with van der Waals surface area (Å²) in [5.74, 6) is -2.97. The number of methoxy groups -OCH3 is 1. The maximum atomic E-state index is 15.2. The van der Waals surface area contributed by atoms with Gasteiger partial charge in [0.05, 0.1) is 23.9 Å². The van der Waals surface area contributed by atoms with Crippen LogP contribution in [-0.2, 0) is 29.7 Å². The van der Waals surface area contributed by atoms with Crippen LogP contribution in [0.25, 0.3) is 10.9 Å². The third-order valence-corrected chi connectivity index (χ3v) is 7.92. The summed E-state index contributed by atoms with van der Waals surface area (Å²) in [6.45, 7) is 4.64. The fourth-order valence-electron chi connectivity index (χ4n) is 5.51. The molecular weight excluding hydrogens is 551 g/mol. The van der Waals surface area contributed by atoms with Gasteiger partial charge in [0.1, 0.15) is 23.7 Å². The van der Waals surface area contributed by atoms with Crippen LogP contribution >= 0.6 is 0 Å². The van der Waals surface area contributed by atoms with E-state index in [2.05, 4.69) is 0 Å². The van der Waals surface area contributed by atoms with Gasteiger partial charge in [0.15, 0.2) is 5.76 Å². The number of anilines is 1. The highest BCUT2D eigenvalue weighted by molar-refractivity contribution is 6.24. The number of aryl methyl sites for hydroxylation is 1. The predicted octanol–water partition coefficient (Wildman–Crippen LogP) is 2.87. The molecule has 0 saturated carbocycles. The number of aromatic carboxylic acids is 1. The van der Waals surface area contributed by atoms with Crippen LogP contribution in [0.1, 0.15) is 49.4 Å². The zero-order valence-corrected chi connectivity index (χ0v) is 23.5. The largest absolute Gasteiger partial charge is 0.492 e. The molecule has 1 aromatic carbocycles. The number of pyridine rings is 1. The molecule has 0 bridgehead atoms. The van der Waals surface area contributed by atoms with Crippen LogP contribution in [0.3, 0.4) is 0 Å². The number of benzene rings is 1. The predicted molar refractivity (Wildman–Crippen MR) is 149 cm³/mol. The standard InChI is InChI=1S/C29H29FN4O8/c1-5-32-13-17(28(38)39)26(36)16-10-19(30)21(11-20(16)32)33-6-8-34(9-7-33)29(40)42-14-18-15(2)31(3)25-22(35)12-23(41-4)27(37)24(18)25/h10-13H,5-9,14H2,1-4H3,(H,38,39). The van der Waals surface area contributed by atoms with Gasteiger partial charge in [0.25, 0.3) is 0 Å². The Morgan fingerprint density at radius 2 is 1.79 bits per heavy atom. The molecule has 1 saturated heterocycles. The Hall–Kier alpha value is -4.94. The van der Waals surface area contributed by atoms with Crippen molar-refractivity contribution in [1.29, 1.82) is 0 Å². The molecule has 5 rings (SSSR count). The van der Waals surface area contributed by atoms with E-state index in [0.717, 1.165) is 12.1 Å². The van der Waals surface area contributed by atoms with Crippen molar-refractivity contribution in [1.82, 2.24) is 14.0 Å². The van der Waals surface area contributed by atoms with Crippen LogP contribution < -0.4 is 10.3 Å². The molecule has 3 aromatic rings. The minimum absolute atomic E-state index is 0.0214. The van der Waals surface area contributed by atoms with Crippen molar-refractivity contribution in [3.8, 4) is 0 Å². The Balaban J connectivity index is 1.30. The Morgan fingerprint density at radius 3 is 2.40 bits per heavy atom. The molecule has 2 aromatic heterocycles. The average Bonchev–Trinajstić information content (AvgIpc) is 3.23. The quantitative estimate of drug-likeness (QED) is 0.466. The topological polar surface area (TPSA) is 140 Å². The molecule has 1 aliphatic carbocycles. The van der Waals surface area contributed by atoms with E-state index in [1.165, 1.54) is 24.3 Å². The highest BCUT2D eigenvalue weighted by atomic mass is 19.1. The number of carbonyl (C=O) groups excluding carboxylic acids is 3. The van der Waals surface area contributed by atoms with Crippen molar-refractivity contribution < 1.29 is 38.1 Å². The molecule has 1 aliphatic heterocycles. The van der Waals surface area contributed by atoms with Gasteiger partial charge >= 0.3 is 12.1 Å². The number of Topliss-reactive ketones (excluding diaryl/α,β-unsaturated/α-hetero) is 1. The maximum absolute atomic E-state index is 15.2. The van der Waals surface area contributed by atoms with E-state index < -0.39 is 34.7 Å². The fraction of sp³-hybridized carbons (Fsp3) is 0.345. The van der Waals surface area contributed by atoms with Gasteiger partial charge in [-0.15, -0.1) is 0 Å². The lowest BCUT2D eigenvalue weighted by atomic mass is 9.96. The molecule has 0 spiro atoms. The molecule has 2 aliphatic rings. The van der Waals surface area contributed by atoms with E-state index in [4.69, 9.17) is 9.47 Å². The summed E-state index contributed by atoms with van der Waals surface area (Å²) in [6.07, 6.45) is 1.78. The number of ether oxygens (including phenoxy) is 2. The van der Waals surface area contributed by atoms with Crippen molar-refractivity contribution in [2.75, 3.05) is 38.2 Å². The summed E-state index contributed by atoms with van der Waals surface area (Å²) in [6, 6.07) is 2.59. The lowest BCUT2D eigenvalue weighted by molar-refractivity contribution is 0.0694. The number of piperazine rings is 1. The minimum atomic E-state index is -1.38. The van der Waals surface area contributed by atoms with Crippen LogP contribution in [0.15, 0.2) is 35.0 Å². The summed E-state index contributed by atoms with van der Waals surface area (Å²) < 4.78 is 29.0. The van der Waals surface area contributed by atoms with Crippen molar-refractivity contribution in [3.05, 3.63) is 74.3 Å². The molecule has 1 N–H and O–H groups in total. The van der Waals surface area contributed by atoms with E-state index in [1.54, 1.807) is 34.9 Å². The molecule has 0 atom stereocenters. The Morgan fingerprint density at radius 1 is 1.10 bits per heavy atom. The number of carboxylic acid groups (broad SMARTS) is 1. The molecule has 42 heavy (non-hydrogen) atoms. The lowest BCUT2D eigenvalue weighted by Gasteiger charge is -2.35. The molecular formula is C29H29FN4O8. The summed E-state index contributed by atoms with van der Waals surface area (Å²) >= 11 is 0. The van der Waals surface area contributed by atoms with Gasteiger partial charge in [-0.2, -0.15) is 0 Å². The van der Waals surface area contributed by atoms with Crippen LogP contribution in [0, 0.1) is 12.7 Å². The van der Waals surface area contributed by atoms with Crippen molar-refractivity contribution in [2.24, 2.45) is 7.05 Å². The molecule has 12 nitrogen and oxygen atoms in total. The fourth-order valence-corrected chi connectivity index (χ4v) is 5.51. The van der Waals surface area contributed by atoms with Crippen molar-refractivity contribution in [3.63, 3.8) is 0 Å². The normalized spacial score (nSPS) is 15.1. The summed E-state index contributed by atoms with van der Waals surface area (Å²) in [4.78, 5) is 65.8. The van der Waals surface area contributed by atoms with Crippen LogP contribution in [0.5, 0.6) is 0 Å². The number of carbonyl (C=O) groups is 4. The second kappa shape index (κ2) is 10.8. The van der Waals surface area contributed by atoms with Crippen molar-refractivity contribution >= 4 is 40.2 Å². The lowest BCUT2D eigenvalue weighted by Crippen LogP contribution is -2.49. The highest BCUT2D eigenvalue weighted by Gasteiger charge is 2.35. The number of fused-ring (bicyclic) bond motifs is 2. The SMILES string of the molecule is CCn1cc(C(=O)O)c(=O)c2cc(F)c(N3CCN(C(=O)OCc4c5c(n(C)c4C)C(=O)C=C(OC)C5=O)CC3)cc21. The molecule has 0 radical (unpaired) electrons.